The van der Waals surface area contributed by atoms with E-state index in [2.05, 4.69) is 4.98 Å². The fraction of sp³-hybridized carbons (Fsp3) is 0.250. The van der Waals surface area contributed by atoms with Crippen molar-refractivity contribution in [3.8, 4) is 0 Å². The normalized spacial score (nSPS) is 10.5. The smallest absolute Gasteiger partial charge is 0.350 e. The molecule has 0 amide bonds. The minimum atomic E-state index is -0.959. The van der Waals surface area contributed by atoms with Crippen LogP contribution in [0.1, 0.15) is 12.6 Å². The first-order chi connectivity index (χ1) is 9.93. The van der Waals surface area contributed by atoms with Gasteiger partial charge >= 0.3 is 16.9 Å². The molecule has 0 saturated carbocycles. The first-order valence-electron chi connectivity index (χ1n) is 6.13. The first-order valence-corrected chi connectivity index (χ1v) is 6.13. The van der Waals surface area contributed by atoms with E-state index in [1.54, 1.807) is 13.0 Å². The number of aryl methyl sites for hydroxylation is 1. The number of nitrogens with two attached hydrogens (primary N) is 1. The SMILES string of the molecule is CCn1cc([N+](=O)[O-])c(=O)n(Cc2cc(N)ccn2)c1=O. The lowest BCUT2D eigenvalue weighted by molar-refractivity contribution is -0.387. The molecule has 2 aromatic heterocycles. The van der Waals surface area contributed by atoms with Crippen LogP contribution in [0.5, 0.6) is 0 Å². The van der Waals surface area contributed by atoms with Gasteiger partial charge in [0.25, 0.3) is 0 Å². The zero-order chi connectivity index (χ0) is 15.6. The van der Waals surface area contributed by atoms with E-state index in [0.29, 0.717) is 11.4 Å². The molecule has 2 heterocycles. The van der Waals surface area contributed by atoms with Crippen molar-refractivity contribution < 1.29 is 4.92 Å². The largest absolute Gasteiger partial charge is 0.399 e. The quantitative estimate of drug-likeness (QED) is 0.622. The summed E-state index contributed by atoms with van der Waals surface area (Å²) in [5.41, 5.74) is 4.16. The number of nitrogen functional groups attached to an aromatic ring is 1. The zero-order valence-electron chi connectivity index (χ0n) is 11.2. The highest BCUT2D eigenvalue weighted by Crippen LogP contribution is 2.05. The van der Waals surface area contributed by atoms with E-state index in [0.717, 1.165) is 15.3 Å². The molecule has 0 aromatic carbocycles. The number of anilines is 1. The number of pyridine rings is 1. The maximum Gasteiger partial charge on any atom is 0.350 e. The Morgan fingerprint density at radius 1 is 1.43 bits per heavy atom. The van der Waals surface area contributed by atoms with Gasteiger partial charge in [0.1, 0.15) is 0 Å². The first kappa shape index (κ1) is 14.4. The number of nitrogens with zero attached hydrogens (tertiary/aromatic N) is 4. The molecule has 2 rings (SSSR count). The average Bonchev–Trinajstić information content (AvgIpc) is 2.43. The van der Waals surface area contributed by atoms with Crippen molar-refractivity contribution >= 4 is 11.4 Å². The minimum absolute atomic E-state index is 0.176. The molecule has 0 aliphatic rings. The third-order valence-corrected chi connectivity index (χ3v) is 2.92. The van der Waals surface area contributed by atoms with Gasteiger partial charge in [-0.3, -0.25) is 24.5 Å². The summed E-state index contributed by atoms with van der Waals surface area (Å²) in [4.78, 5) is 38.2. The standard InChI is InChI=1S/C12H13N5O4/c1-2-15-7-10(17(20)21)11(18)16(12(15)19)6-9-5-8(13)3-4-14-9/h3-5,7H,2,6H2,1H3,(H2,13,14). The lowest BCUT2D eigenvalue weighted by atomic mass is 10.3. The lowest BCUT2D eigenvalue weighted by Crippen LogP contribution is -2.40. The van der Waals surface area contributed by atoms with Gasteiger partial charge in [-0.1, -0.05) is 0 Å². The van der Waals surface area contributed by atoms with Crippen LogP contribution in [0.2, 0.25) is 0 Å². The maximum absolute atomic E-state index is 12.1. The summed E-state index contributed by atoms with van der Waals surface area (Å²) in [5, 5.41) is 10.9. The van der Waals surface area contributed by atoms with Crippen LogP contribution in [0.15, 0.2) is 34.1 Å². The second kappa shape index (κ2) is 5.57. The molecule has 9 nitrogen and oxygen atoms in total. The van der Waals surface area contributed by atoms with Gasteiger partial charge < -0.3 is 5.73 Å². The van der Waals surface area contributed by atoms with Crippen LogP contribution < -0.4 is 17.0 Å². The second-order valence-electron chi connectivity index (χ2n) is 4.31. The summed E-state index contributed by atoms with van der Waals surface area (Å²) in [6, 6.07) is 3.06. The van der Waals surface area contributed by atoms with Gasteiger partial charge in [0.2, 0.25) is 0 Å². The molecule has 0 unspecified atom stereocenters. The molecule has 0 bridgehead atoms. The van der Waals surface area contributed by atoms with Crippen LogP contribution in [0.3, 0.4) is 0 Å². The van der Waals surface area contributed by atoms with Gasteiger partial charge in [0.05, 0.1) is 23.4 Å². The molecule has 0 atom stereocenters. The monoisotopic (exact) mass is 291 g/mol. The third kappa shape index (κ3) is 2.81. The molecule has 0 aliphatic heterocycles. The third-order valence-electron chi connectivity index (χ3n) is 2.92. The molecule has 110 valence electrons. The van der Waals surface area contributed by atoms with Crippen molar-refractivity contribution in [3.63, 3.8) is 0 Å². The molecule has 9 heteroatoms. The Morgan fingerprint density at radius 3 is 2.71 bits per heavy atom. The van der Waals surface area contributed by atoms with Gasteiger partial charge in [-0.15, -0.1) is 0 Å². The summed E-state index contributed by atoms with van der Waals surface area (Å²) in [5.74, 6) is 0. The summed E-state index contributed by atoms with van der Waals surface area (Å²) in [6.45, 7) is 1.69. The molecule has 0 radical (unpaired) electrons. The number of hydrogen-bond donors (Lipinski definition) is 1. The maximum atomic E-state index is 12.1. The van der Waals surface area contributed by atoms with E-state index in [9.17, 15) is 19.7 Å². The van der Waals surface area contributed by atoms with Crippen LogP contribution in [0.25, 0.3) is 0 Å². The molecule has 0 aliphatic carbocycles. The number of nitro groups is 1. The van der Waals surface area contributed by atoms with Gasteiger partial charge in [-0.2, -0.15) is 0 Å². The fourth-order valence-corrected chi connectivity index (χ4v) is 1.87. The van der Waals surface area contributed by atoms with E-state index < -0.39 is 21.9 Å². The van der Waals surface area contributed by atoms with Gasteiger partial charge in [0.15, 0.2) is 0 Å². The van der Waals surface area contributed by atoms with Crippen molar-refractivity contribution in [1.29, 1.82) is 0 Å². The lowest BCUT2D eigenvalue weighted by Gasteiger charge is -2.08. The van der Waals surface area contributed by atoms with E-state index in [1.165, 1.54) is 12.3 Å². The molecule has 0 spiro atoms. The number of aromatic nitrogens is 3. The second-order valence-corrected chi connectivity index (χ2v) is 4.31. The van der Waals surface area contributed by atoms with E-state index in [1.807, 2.05) is 0 Å². The van der Waals surface area contributed by atoms with Crippen LogP contribution in [-0.4, -0.2) is 19.0 Å². The van der Waals surface area contributed by atoms with E-state index in [4.69, 9.17) is 5.73 Å². The summed E-state index contributed by atoms with van der Waals surface area (Å²) in [6.07, 6.45) is 2.39. The van der Waals surface area contributed by atoms with E-state index in [-0.39, 0.29) is 13.1 Å². The van der Waals surface area contributed by atoms with Gasteiger partial charge in [0, 0.05) is 18.4 Å². The summed E-state index contributed by atoms with van der Waals surface area (Å²) < 4.78 is 1.88. The predicted molar refractivity (Wildman–Crippen MR) is 75.0 cm³/mol. The minimum Gasteiger partial charge on any atom is -0.399 e. The Kier molecular flexibility index (Phi) is 3.83. The van der Waals surface area contributed by atoms with Crippen molar-refractivity contribution in [2.75, 3.05) is 5.73 Å². The molecule has 2 N–H and O–H groups in total. The van der Waals surface area contributed by atoms with Crippen molar-refractivity contribution in [2.45, 2.75) is 20.0 Å². The van der Waals surface area contributed by atoms with Gasteiger partial charge in [-0.25, -0.2) is 9.36 Å². The predicted octanol–water partition coefficient (Wildman–Crippen LogP) is -0.0364. The summed E-state index contributed by atoms with van der Waals surface area (Å²) >= 11 is 0. The Morgan fingerprint density at radius 2 is 2.14 bits per heavy atom. The molecule has 2 aromatic rings. The Hall–Kier alpha value is -2.97. The van der Waals surface area contributed by atoms with Crippen molar-refractivity contribution in [2.24, 2.45) is 0 Å². The number of hydrogen-bond acceptors (Lipinski definition) is 6. The van der Waals surface area contributed by atoms with Crippen molar-refractivity contribution in [3.05, 3.63) is 61.2 Å². The fourth-order valence-electron chi connectivity index (χ4n) is 1.87. The van der Waals surface area contributed by atoms with Crippen LogP contribution in [0, 0.1) is 10.1 Å². The molecule has 0 fully saturated rings. The Labute approximate surface area is 118 Å². The highest BCUT2D eigenvalue weighted by Gasteiger charge is 2.19. The van der Waals surface area contributed by atoms with E-state index >= 15 is 0 Å². The molecular formula is C12H13N5O4. The topological polar surface area (TPSA) is 126 Å². The van der Waals surface area contributed by atoms with Gasteiger partial charge in [-0.05, 0) is 19.1 Å². The average molecular weight is 291 g/mol. The summed E-state index contributed by atoms with van der Waals surface area (Å²) in [7, 11) is 0. The Bertz CT molecular complexity index is 808. The van der Waals surface area contributed by atoms with Crippen LogP contribution in [-0.2, 0) is 13.1 Å². The highest BCUT2D eigenvalue weighted by atomic mass is 16.6. The molecule has 0 saturated heterocycles. The molecular weight excluding hydrogens is 278 g/mol. The van der Waals surface area contributed by atoms with Crippen LogP contribution in [0.4, 0.5) is 11.4 Å². The highest BCUT2D eigenvalue weighted by molar-refractivity contribution is 5.37. The van der Waals surface area contributed by atoms with Crippen LogP contribution >= 0.6 is 0 Å². The Balaban J connectivity index is 2.62. The number of rotatable bonds is 4. The molecule has 21 heavy (non-hydrogen) atoms. The zero-order valence-corrected chi connectivity index (χ0v) is 11.2. The van der Waals surface area contributed by atoms with Crippen molar-refractivity contribution in [1.82, 2.24) is 14.1 Å².